The minimum absolute atomic E-state index is 0.0325. The summed E-state index contributed by atoms with van der Waals surface area (Å²) in [5, 5.41) is 65.9. The number of aliphatic hydroxyl groups is 6. The molecule has 1 aromatic carbocycles. The van der Waals surface area contributed by atoms with Gasteiger partial charge in [-0.05, 0) is 277 Å². The van der Waals surface area contributed by atoms with E-state index in [4.69, 9.17) is 33.2 Å². The summed E-state index contributed by atoms with van der Waals surface area (Å²) in [5.74, 6) is -0.510. The molecule has 0 radical (unpaired) electrons. The van der Waals surface area contributed by atoms with Crippen LogP contribution in [0.3, 0.4) is 0 Å². The number of aliphatic hydroxyl groups excluding tert-OH is 5. The summed E-state index contributed by atoms with van der Waals surface area (Å²) in [6.07, 6.45) is 14.7. The van der Waals surface area contributed by atoms with E-state index in [-0.39, 0.29) is 98.6 Å². The van der Waals surface area contributed by atoms with Gasteiger partial charge in [-0.2, -0.15) is 0 Å². The van der Waals surface area contributed by atoms with E-state index >= 15 is 0 Å². The molecule has 12 rings (SSSR count). The highest BCUT2D eigenvalue weighted by Gasteiger charge is 2.92. The van der Waals surface area contributed by atoms with Gasteiger partial charge in [0, 0.05) is 17.8 Å². The van der Waals surface area contributed by atoms with E-state index in [2.05, 4.69) is 103 Å². The van der Waals surface area contributed by atoms with Crippen molar-refractivity contribution in [1.82, 2.24) is 0 Å². The number of hydrogen-bond acceptors (Lipinski definition) is 16. The molecule has 570 valence electrons. The van der Waals surface area contributed by atoms with E-state index in [1.54, 1.807) is 30.3 Å². The minimum atomic E-state index is -1.40. The van der Waals surface area contributed by atoms with Crippen molar-refractivity contribution in [3.63, 3.8) is 0 Å². The van der Waals surface area contributed by atoms with Crippen molar-refractivity contribution in [3.05, 3.63) is 59.2 Å². The van der Waals surface area contributed by atoms with Crippen LogP contribution in [0.2, 0.25) is 0 Å². The average Bonchev–Trinajstić information content (AvgIpc) is 1.28. The van der Waals surface area contributed by atoms with Crippen LogP contribution in [0.4, 0.5) is 0 Å². The molecule has 16 nitrogen and oxygen atoms in total. The summed E-state index contributed by atoms with van der Waals surface area (Å²) < 4.78 is 41.9. The fourth-order valence-electron chi connectivity index (χ4n) is 21.0. The summed E-state index contributed by atoms with van der Waals surface area (Å²) in [6.45, 7) is 54.5. The minimum Gasteiger partial charge on any atom is -0.461 e. The number of fused-ring (bicyclic) bond motifs is 12. The quantitative estimate of drug-likeness (QED) is 0.0648. The highest BCUT2D eigenvalue weighted by Crippen LogP contribution is 2.78. The Bertz CT molecular complexity index is 3150. The van der Waals surface area contributed by atoms with Gasteiger partial charge in [-0.15, -0.1) is 0 Å². The lowest BCUT2D eigenvalue weighted by Gasteiger charge is -2.72. The van der Waals surface area contributed by atoms with Crippen molar-refractivity contribution >= 4 is 17.9 Å². The first-order chi connectivity index (χ1) is 45.4. The molecular weight excluding hydrogens is 1260 g/mol. The van der Waals surface area contributed by atoms with Gasteiger partial charge in [0.15, 0.2) is 5.41 Å². The monoisotopic (exact) mass is 1400 g/mol. The van der Waals surface area contributed by atoms with Gasteiger partial charge in [0.2, 0.25) is 0 Å². The molecule has 0 amide bonds. The number of rotatable bonds is 12. The lowest BCUT2D eigenvalue weighted by molar-refractivity contribution is -0.369. The zero-order chi connectivity index (χ0) is 75.5. The summed E-state index contributed by atoms with van der Waals surface area (Å²) in [5.41, 5.74) is -5.35. The Morgan fingerprint density at radius 2 is 1.35 bits per heavy atom. The third kappa shape index (κ3) is 15.1. The number of carbonyl (C=O) groups is 3. The zero-order valence-corrected chi connectivity index (χ0v) is 66.9. The van der Waals surface area contributed by atoms with Crippen LogP contribution >= 0.6 is 0 Å². The Hall–Kier alpha value is -3.29. The Labute approximate surface area is 603 Å². The van der Waals surface area contributed by atoms with Crippen LogP contribution in [0.25, 0.3) is 0 Å². The molecule has 0 spiro atoms. The van der Waals surface area contributed by atoms with E-state index in [0.29, 0.717) is 50.2 Å². The second kappa shape index (κ2) is 27.5. The van der Waals surface area contributed by atoms with E-state index < -0.39 is 74.5 Å². The number of ether oxygens (including phenoxy) is 7. The van der Waals surface area contributed by atoms with Gasteiger partial charge in [0.25, 0.3) is 0 Å². The van der Waals surface area contributed by atoms with Gasteiger partial charge < -0.3 is 63.8 Å². The highest BCUT2D eigenvalue weighted by atomic mass is 16.6. The molecule has 1 aromatic rings. The molecule has 3 aliphatic heterocycles. The predicted molar refractivity (Wildman–Crippen MR) is 391 cm³/mol. The van der Waals surface area contributed by atoms with Crippen molar-refractivity contribution < 1.29 is 78.2 Å². The van der Waals surface area contributed by atoms with Gasteiger partial charge in [-0.3, -0.25) is 9.59 Å². The smallest absolute Gasteiger partial charge is 0.338 e. The van der Waals surface area contributed by atoms with E-state index in [0.717, 1.165) is 69.8 Å². The summed E-state index contributed by atoms with van der Waals surface area (Å²) in [4.78, 5) is 39.5. The Morgan fingerprint density at radius 3 is 1.90 bits per heavy atom. The fraction of sp³-hybridized carbons (Fsp3) is 0.845. The largest absolute Gasteiger partial charge is 0.461 e. The van der Waals surface area contributed by atoms with Crippen LogP contribution < -0.4 is 0 Å². The van der Waals surface area contributed by atoms with E-state index in [9.17, 15) is 45.0 Å². The summed E-state index contributed by atoms with van der Waals surface area (Å²) in [7, 11) is 0. The molecule has 100 heavy (non-hydrogen) atoms. The van der Waals surface area contributed by atoms with Crippen molar-refractivity contribution in [2.75, 3.05) is 19.8 Å². The molecule has 6 N–H and O–H groups in total. The number of allylic oxidation sites excluding steroid dienone is 1. The van der Waals surface area contributed by atoms with E-state index in [1.165, 1.54) is 12.0 Å². The third-order valence-electron chi connectivity index (χ3n) is 27.0. The van der Waals surface area contributed by atoms with Gasteiger partial charge in [-0.1, -0.05) is 98.2 Å². The Kier molecular flexibility index (Phi) is 22.6. The molecule has 8 aliphatic carbocycles. The van der Waals surface area contributed by atoms with Crippen molar-refractivity contribution in [1.29, 1.82) is 0 Å². The van der Waals surface area contributed by atoms with Crippen molar-refractivity contribution in [3.8, 4) is 0 Å². The lowest BCUT2D eigenvalue weighted by atomic mass is 9.33. The summed E-state index contributed by atoms with van der Waals surface area (Å²) >= 11 is 0. The Morgan fingerprint density at radius 1 is 0.730 bits per heavy atom. The second-order valence-electron chi connectivity index (χ2n) is 40.7. The molecule has 7 saturated carbocycles. The van der Waals surface area contributed by atoms with Gasteiger partial charge in [0.1, 0.15) is 23.4 Å². The maximum Gasteiger partial charge on any atom is 0.338 e. The number of carbonyl (C=O) groups excluding carboxylic acids is 3. The molecule has 0 aromatic heterocycles. The van der Waals surface area contributed by atoms with E-state index in [1.807, 2.05) is 89.2 Å². The Balaban J connectivity index is 0.000000183. The molecule has 11 aliphatic rings. The van der Waals surface area contributed by atoms with Crippen LogP contribution in [0.1, 0.15) is 293 Å². The molecule has 3 saturated heterocycles. The predicted octanol–water partition coefficient (Wildman–Crippen LogP) is 15.5. The topological polar surface area (TPSA) is 237 Å². The van der Waals surface area contributed by atoms with Crippen LogP contribution in [-0.4, -0.2) is 149 Å². The first-order valence-corrected chi connectivity index (χ1v) is 38.2. The van der Waals surface area contributed by atoms with Crippen LogP contribution in [0.15, 0.2) is 53.6 Å². The number of benzene rings is 1. The van der Waals surface area contributed by atoms with Crippen LogP contribution in [-0.2, 0) is 42.7 Å². The average molecular weight is 1400 g/mol. The zero-order valence-electron chi connectivity index (χ0n) is 66.9. The number of esters is 3. The number of hydrogen-bond donors (Lipinski definition) is 6. The molecular formula is C84H138O16. The van der Waals surface area contributed by atoms with Gasteiger partial charge in [0.05, 0.1) is 88.3 Å². The molecule has 19 atom stereocenters. The summed E-state index contributed by atoms with van der Waals surface area (Å²) in [6, 6.07) is 8.58. The maximum atomic E-state index is 14.0. The van der Waals surface area contributed by atoms with Gasteiger partial charge >= 0.3 is 17.9 Å². The second-order valence-corrected chi connectivity index (χ2v) is 40.7. The van der Waals surface area contributed by atoms with Crippen molar-refractivity contribution in [2.24, 2.45) is 67.0 Å². The fourth-order valence-corrected chi connectivity index (χ4v) is 21.0. The molecule has 10 fully saturated rings. The van der Waals surface area contributed by atoms with Crippen LogP contribution in [0.5, 0.6) is 0 Å². The lowest BCUT2D eigenvalue weighted by Crippen LogP contribution is -2.84. The first-order valence-electron chi connectivity index (χ1n) is 38.2. The molecule has 3 heterocycles. The van der Waals surface area contributed by atoms with Crippen LogP contribution in [0, 0.1) is 67.0 Å². The molecule has 16 heteroatoms. The van der Waals surface area contributed by atoms with Crippen molar-refractivity contribution in [2.45, 2.75) is 364 Å². The highest BCUT2D eigenvalue weighted by molar-refractivity contribution is 5.91. The normalized spacial score (nSPS) is 40.9. The maximum absolute atomic E-state index is 14.0. The van der Waals surface area contributed by atoms with Gasteiger partial charge in [-0.25, -0.2) is 4.79 Å². The SMILES string of the molecule is C/C(=C\COC(C)(C)C)C(O)CCC(C)(C)C.CC(C)(C)OC(=O)[C@]12CCC(C)(C)[C@@H](O)C1C1=CCC3[C@@]4(C)C[C@@H](O)[C@H](O)[C@](C)(CO)C4CC[C@@]3(C)[C@]1(C)CC2.CC(C)(C)OC1CC2CCC1(C)OC2(C)C.CC(C)(C)O[C@@]12C[C@@]3(O)CC[C@]1(C)OC(=O)C32COC(=O)c1ccccc1. The standard InChI is InChI=1S/C34H56O6.C21H26O6.C15H30O2.C14H26O2/c1-28(2,3)40-27(39)34-16-14-29(4,5)26(38)24(34)20-10-11-23-30(6)18-21(36)25(37)31(7,19-35)22(30)12-13-33(23,9)32(20,8)15-17-34;1-17(2,3)27-21-12-19(24)11-10-18(21,4)26-16(23)20(19,21)13-25-15(22)14-8-6-5-7-9-14;1-12(9-11-17-15(5,6)7)13(16)8-10-14(2,3)4;1-12(2,3)15-11-9-10-7-8-14(11,6)16-13(10,4)5/h10,21-26,35-38H,11-19H2,1-9H3;5-9,24H,10-13H2,1-4H3;9,13,16H,8,10-11H2,1-7H3;10-11H,7-9H2,1-6H3/b;;12-9+;/t21-,22?,23?,24?,25+,26+,30+,31-,32-,33-,34+;18-,19-,20?,21-;;/m10../s1. The molecule has 8 unspecified atom stereocenters. The molecule has 4 bridgehead atoms. The third-order valence-corrected chi connectivity index (χ3v) is 27.0. The first kappa shape index (κ1) is 82.4.